The molecule has 2 N–H and O–H groups in total. The van der Waals surface area contributed by atoms with E-state index in [0.29, 0.717) is 30.8 Å². The van der Waals surface area contributed by atoms with Crippen LogP contribution in [0.5, 0.6) is 0 Å². The monoisotopic (exact) mass is 411 g/mol. The molecule has 3 rings (SSSR count). The minimum absolute atomic E-state index is 0.216. The Morgan fingerprint density at radius 1 is 1.13 bits per heavy atom. The van der Waals surface area contributed by atoms with Crippen LogP contribution in [0.2, 0.25) is 0 Å². The first-order valence-corrected chi connectivity index (χ1v) is 9.80. The molecule has 30 heavy (non-hydrogen) atoms. The van der Waals surface area contributed by atoms with Gasteiger partial charge in [0.1, 0.15) is 6.04 Å². The summed E-state index contributed by atoms with van der Waals surface area (Å²) >= 11 is 0. The highest BCUT2D eigenvalue weighted by molar-refractivity contribution is 6.43. The van der Waals surface area contributed by atoms with E-state index in [2.05, 4.69) is 15.7 Å². The Morgan fingerprint density at radius 3 is 2.50 bits per heavy atom. The number of carbonyl (C=O) groups excluding carboxylic acids is 4. The molecule has 2 heterocycles. The van der Waals surface area contributed by atoms with E-state index in [-0.39, 0.29) is 18.0 Å². The van der Waals surface area contributed by atoms with Crippen molar-refractivity contribution in [2.75, 3.05) is 20.1 Å². The van der Waals surface area contributed by atoms with Crippen molar-refractivity contribution in [3.05, 3.63) is 47.3 Å². The van der Waals surface area contributed by atoms with Gasteiger partial charge < -0.3 is 15.5 Å². The van der Waals surface area contributed by atoms with Crippen molar-refractivity contribution < 1.29 is 19.2 Å². The van der Waals surface area contributed by atoms with Crippen LogP contribution in [0, 0.1) is 13.8 Å². The number of hydrogen-bond acceptors (Lipinski definition) is 5. The fourth-order valence-electron chi connectivity index (χ4n) is 3.75. The maximum Gasteiger partial charge on any atom is 0.292 e. The number of aryl methyl sites for hydroxylation is 1. The third-order valence-electron chi connectivity index (χ3n) is 5.25. The van der Waals surface area contributed by atoms with Gasteiger partial charge in [-0.2, -0.15) is 5.10 Å². The number of rotatable bonds is 6. The van der Waals surface area contributed by atoms with Crippen molar-refractivity contribution in [2.24, 2.45) is 0 Å². The molecule has 9 nitrogen and oxygen atoms in total. The first kappa shape index (κ1) is 21.2. The standard InChI is InChI=1S/C21H25N5O4/c1-13-18(14(2)26(24-13)15-8-5-4-6-9-15)19(28)21(30)23-12-17(27)25-11-7-10-16(25)20(29)22-3/h4-6,8-9,16H,7,10-12H2,1-3H3,(H,22,29)(H,23,30). The van der Waals surface area contributed by atoms with Crippen LogP contribution in [0.25, 0.3) is 5.69 Å². The second kappa shape index (κ2) is 8.89. The number of ketones is 1. The summed E-state index contributed by atoms with van der Waals surface area (Å²) in [5, 5.41) is 9.31. The third-order valence-corrected chi connectivity index (χ3v) is 5.25. The Hall–Kier alpha value is -3.49. The average Bonchev–Trinajstić information content (AvgIpc) is 3.36. The van der Waals surface area contributed by atoms with Crippen molar-refractivity contribution in [2.45, 2.75) is 32.7 Å². The first-order valence-electron chi connectivity index (χ1n) is 9.80. The van der Waals surface area contributed by atoms with E-state index in [1.807, 2.05) is 30.3 Å². The lowest BCUT2D eigenvalue weighted by Crippen LogP contribution is -2.49. The van der Waals surface area contributed by atoms with Gasteiger partial charge in [0.25, 0.3) is 11.7 Å². The second-order valence-electron chi connectivity index (χ2n) is 7.16. The van der Waals surface area contributed by atoms with Gasteiger partial charge >= 0.3 is 0 Å². The molecule has 1 unspecified atom stereocenters. The molecule has 2 aromatic rings. The number of Topliss-reactive ketones (excluding diaryl/α,β-unsaturated/α-hetero) is 1. The average molecular weight is 411 g/mol. The van der Waals surface area contributed by atoms with Gasteiger partial charge in [-0.1, -0.05) is 18.2 Å². The summed E-state index contributed by atoms with van der Waals surface area (Å²) < 4.78 is 1.61. The minimum atomic E-state index is -0.877. The molecule has 1 fully saturated rings. The Morgan fingerprint density at radius 2 is 1.83 bits per heavy atom. The van der Waals surface area contributed by atoms with E-state index in [9.17, 15) is 19.2 Å². The van der Waals surface area contributed by atoms with Crippen LogP contribution < -0.4 is 10.6 Å². The Bertz CT molecular complexity index is 983. The van der Waals surface area contributed by atoms with E-state index >= 15 is 0 Å². The predicted octanol–water partition coefficient (Wildman–Crippen LogP) is 0.525. The highest BCUT2D eigenvalue weighted by Gasteiger charge is 2.34. The summed E-state index contributed by atoms with van der Waals surface area (Å²) in [6, 6.07) is 8.76. The molecule has 1 saturated heterocycles. The lowest BCUT2D eigenvalue weighted by atomic mass is 10.1. The number of nitrogens with zero attached hydrogens (tertiary/aromatic N) is 3. The molecule has 0 radical (unpaired) electrons. The van der Waals surface area contributed by atoms with Crippen molar-refractivity contribution in [3.8, 4) is 5.69 Å². The van der Waals surface area contributed by atoms with Crippen LogP contribution in [-0.2, 0) is 14.4 Å². The number of hydrogen-bond donors (Lipinski definition) is 2. The smallest absolute Gasteiger partial charge is 0.292 e. The summed E-state index contributed by atoms with van der Waals surface area (Å²) in [6.45, 7) is 3.49. The van der Waals surface area contributed by atoms with Gasteiger partial charge in [0, 0.05) is 13.6 Å². The molecule has 0 aliphatic carbocycles. The van der Waals surface area contributed by atoms with Gasteiger partial charge in [-0.3, -0.25) is 19.2 Å². The molecule has 9 heteroatoms. The van der Waals surface area contributed by atoms with Crippen molar-refractivity contribution in [1.82, 2.24) is 25.3 Å². The number of aromatic nitrogens is 2. The van der Waals surface area contributed by atoms with Crippen molar-refractivity contribution in [3.63, 3.8) is 0 Å². The maximum atomic E-state index is 12.7. The lowest BCUT2D eigenvalue weighted by molar-refractivity contribution is -0.138. The summed E-state index contributed by atoms with van der Waals surface area (Å²) in [5.74, 6) is -2.25. The van der Waals surface area contributed by atoms with Crippen LogP contribution in [0.15, 0.2) is 30.3 Å². The van der Waals surface area contributed by atoms with Crippen LogP contribution >= 0.6 is 0 Å². The van der Waals surface area contributed by atoms with Crippen molar-refractivity contribution >= 4 is 23.5 Å². The summed E-state index contributed by atoms with van der Waals surface area (Å²) in [5.41, 5.74) is 1.97. The number of likely N-dealkylation sites (N-methyl/N-ethyl adjacent to an activating group) is 1. The summed E-state index contributed by atoms with van der Waals surface area (Å²) in [4.78, 5) is 51.0. The molecule has 0 bridgehead atoms. The van der Waals surface area contributed by atoms with Crippen LogP contribution in [0.3, 0.4) is 0 Å². The molecule has 1 aliphatic heterocycles. The molecule has 1 aromatic carbocycles. The molecule has 0 saturated carbocycles. The lowest BCUT2D eigenvalue weighted by Gasteiger charge is -2.23. The van der Waals surface area contributed by atoms with Gasteiger partial charge in [0.15, 0.2) is 0 Å². The maximum absolute atomic E-state index is 12.7. The molecular formula is C21H25N5O4. The normalized spacial score (nSPS) is 15.7. The highest BCUT2D eigenvalue weighted by atomic mass is 16.2. The topological polar surface area (TPSA) is 113 Å². The number of likely N-dealkylation sites (tertiary alicyclic amines) is 1. The SMILES string of the molecule is CNC(=O)C1CCCN1C(=O)CNC(=O)C(=O)c1c(C)nn(-c2ccccc2)c1C. The molecule has 1 aromatic heterocycles. The van der Waals surface area contributed by atoms with Gasteiger partial charge in [-0.25, -0.2) is 4.68 Å². The Labute approximate surface area is 174 Å². The molecule has 0 spiro atoms. The van der Waals surface area contributed by atoms with Gasteiger partial charge in [-0.15, -0.1) is 0 Å². The number of carbonyl (C=O) groups is 4. The molecule has 1 atom stereocenters. The Kier molecular flexibility index (Phi) is 6.29. The number of benzene rings is 1. The Balaban J connectivity index is 1.68. The van der Waals surface area contributed by atoms with E-state index in [0.717, 1.165) is 5.69 Å². The van der Waals surface area contributed by atoms with Crippen LogP contribution in [-0.4, -0.2) is 64.4 Å². The van der Waals surface area contributed by atoms with E-state index in [1.54, 1.807) is 18.5 Å². The molecule has 3 amide bonds. The van der Waals surface area contributed by atoms with E-state index < -0.39 is 23.6 Å². The number of para-hydroxylation sites is 1. The fraction of sp³-hybridized carbons (Fsp3) is 0.381. The van der Waals surface area contributed by atoms with Crippen LogP contribution in [0.1, 0.15) is 34.6 Å². The largest absolute Gasteiger partial charge is 0.357 e. The van der Waals surface area contributed by atoms with Gasteiger partial charge in [0.2, 0.25) is 11.8 Å². The quantitative estimate of drug-likeness (QED) is 0.532. The zero-order chi connectivity index (χ0) is 21.8. The summed E-state index contributed by atoms with van der Waals surface area (Å²) in [7, 11) is 1.52. The van der Waals surface area contributed by atoms with Crippen molar-refractivity contribution in [1.29, 1.82) is 0 Å². The van der Waals surface area contributed by atoms with Crippen LogP contribution in [0.4, 0.5) is 0 Å². The van der Waals surface area contributed by atoms with Gasteiger partial charge in [-0.05, 0) is 38.8 Å². The zero-order valence-electron chi connectivity index (χ0n) is 17.3. The molecular weight excluding hydrogens is 386 g/mol. The van der Waals surface area contributed by atoms with E-state index in [4.69, 9.17) is 0 Å². The van der Waals surface area contributed by atoms with E-state index in [1.165, 1.54) is 11.9 Å². The fourth-order valence-corrected chi connectivity index (χ4v) is 3.75. The minimum Gasteiger partial charge on any atom is -0.357 e. The summed E-state index contributed by atoms with van der Waals surface area (Å²) in [6.07, 6.45) is 1.29. The molecule has 158 valence electrons. The molecule has 1 aliphatic rings. The first-order chi connectivity index (χ1) is 14.3. The van der Waals surface area contributed by atoms with Gasteiger partial charge in [0.05, 0.1) is 29.2 Å². The highest BCUT2D eigenvalue weighted by Crippen LogP contribution is 2.19. The predicted molar refractivity (Wildman–Crippen MR) is 109 cm³/mol. The number of nitrogens with one attached hydrogen (secondary N) is 2. The third kappa shape index (κ3) is 4.10. The number of amides is 3. The zero-order valence-corrected chi connectivity index (χ0v) is 17.3. The second-order valence-corrected chi connectivity index (χ2v) is 7.16.